The van der Waals surface area contributed by atoms with E-state index < -0.39 is 0 Å². The fourth-order valence-corrected chi connectivity index (χ4v) is 3.80. The van der Waals surface area contributed by atoms with Crippen molar-refractivity contribution >= 4 is 11.6 Å². The van der Waals surface area contributed by atoms with E-state index in [-0.39, 0.29) is 11.6 Å². The van der Waals surface area contributed by atoms with E-state index in [0.717, 1.165) is 28.3 Å². The van der Waals surface area contributed by atoms with Crippen LogP contribution in [0.3, 0.4) is 0 Å². The molecule has 0 fully saturated rings. The molecule has 26 heavy (non-hydrogen) atoms. The summed E-state index contributed by atoms with van der Waals surface area (Å²) in [6.45, 7) is 4.03. The van der Waals surface area contributed by atoms with Crippen LogP contribution < -0.4 is 4.74 Å². The Kier molecular flexibility index (Phi) is 3.76. The number of carbonyl (C=O) groups is 2. The Balaban J connectivity index is 1.91. The average Bonchev–Trinajstić information content (AvgIpc) is 3.09. The van der Waals surface area contributed by atoms with E-state index in [9.17, 15) is 9.59 Å². The van der Waals surface area contributed by atoms with Gasteiger partial charge in [-0.2, -0.15) is 0 Å². The van der Waals surface area contributed by atoms with Gasteiger partial charge in [-0.1, -0.05) is 36.4 Å². The zero-order chi connectivity index (χ0) is 18.4. The first-order valence-corrected chi connectivity index (χ1v) is 8.54. The Bertz CT molecular complexity index is 1040. The van der Waals surface area contributed by atoms with Gasteiger partial charge < -0.3 is 9.30 Å². The summed E-state index contributed by atoms with van der Waals surface area (Å²) in [6.07, 6.45) is 0. The predicted molar refractivity (Wildman–Crippen MR) is 100 cm³/mol. The molecule has 0 atom stereocenters. The van der Waals surface area contributed by atoms with Gasteiger partial charge in [0.25, 0.3) is 0 Å². The first-order chi connectivity index (χ1) is 12.5. The van der Waals surface area contributed by atoms with E-state index in [1.54, 1.807) is 7.11 Å². The lowest BCUT2D eigenvalue weighted by molar-refractivity contribution is 0.0992. The number of hydrogen-bond acceptors (Lipinski definition) is 3. The van der Waals surface area contributed by atoms with Crippen molar-refractivity contribution < 1.29 is 14.3 Å². The highest BCUT2D eigenvalue weighted by Crippen LogP contribution is 2.41. The SMILES string of the molecule is COc1ccc(Cn2c(C)c(C(C)=O)c3c2-c2ccccc2C3=O)cc1. The van der Waals surface area contributed by atoms with Gasteiger partial charge in [0.1, 0.15) is 5.75 Å². The smallest absolute Gasteiger partial charge is 0.196 e. The van der Waals surface area contributed by atoms with Crippen molar-refractivity contribution in [2.24, 2.45) is 0 Å². The minimum Gasteiger partial charge on any atom is -0.497 e. The van der Waals surface area contributed by atoms with Crippen molar-refractivity contribution in [3.8, 4) is 17.0 Å². The van der Waals surface area contributed by atoms with Crippen molar-refractivity contribution in [2.75, 3.05) is 7.11 Å². The molecule has 1 heterocycles. The van der Waals surface area contributed by atoms with Crippen LogP contribution in [0.1, 0.15) is 44.5 Å². The molecule has 0 spiro atoms. The molecule has 1 aliphatic rings. The Morgan fingerprint density at radius 1 is 1.04 bits per heavy atom. The summed E-state index contributed by atoms with van der Waals surface area (Å²) in [6, 6.07) is 15.4. The number of rotatable bonds is 4. The molecule has 0 saturated heterocycles. The van der Waals surface area contributed by atoms with Crippen LogP contribution in [0.2, 0.25) is 0 Å². The number of ether oxygens (including phenoxy) is 1. The second kappa shape index (κ2) is 5.99. The Morgan fingerprint density at radius 2 is 1.69 bits per heavy atom. The number of aromatic nitrogens is 1. The molecule has 4 nitrogen and oxygen atoms in total. The summed E-state index contributed by atoms with van der Waals surface area (Å²) in [5.74, 6) is 0.666. The molecular weight excluding hydrogens is 326 g/mol. The second-order valence-electron chi connectivity index (χ2n) is 6.55. The lowest BCUT2D eigenvalue weighted by atomic mass is 10.0. The highest BCUT2D eigenvalue weighted by molar-refractivity contribution is 6.26. The summed E-state index contributed by atoms with van der Waals surface area (Å²) in [5.41, 5.74) is 5.42. The van der Waals surface area contributed by atoms with E-state index in [0.29, 0.717) is 23.2 Å². The van der Waals surface area contributed by atoms with Crippen LogP contribution in [-0.4, -0.2) is 23.2 Å². The Morgan fingerprint density at radius 3 is 2.31 bits per heavy atom. The maximum absolute atomic E-state index is 12.9. The zero-order valence-electron chi connectivity index (χ0n) is 15.0. The van der Waals surface area contributed by atoms with Gasteiger partial charge in [-0.3, -0.25) is 9.59 Å². The summed E-state index contributed by atoms with van der Waals surface area (Å²) in [5, 5.41) is 0. The number of carbonyl (C=O) groups excluding carboxylic acids is 2. The second-order valence-corrected chi connectivity index (χ2v) is 6.55. The number of methoxy groups -OCH3 is 1. The summed E-state index contributed by atoms with van der Waals surface area (Å²) in [4.78, 5) is 25.2. The van der Waals surface area contributed by atoms with E-state index in [2.05, 4.69) is 4.57 Å². The van der Waals surface area contributed by atoms with E-state index in [1.165, 1.54) is 6.92 Å². The lowest BCUT2D eigenvalue weighted by Crippen LogP contribution is -2.07. The number of nitrogens with zero attached hydrogens (tertiary/aromatic N) is 1. The average molecular weight is 345 g/mol. The fourth-order valence-electron chi connectivity index (χ4n) is 3.80. The molecule has 1 aliphatic carbocycles. The summed E-state index contributed by atoms with van der Waals surface area (Å²) >= 11 is 0. The van der Waals surface area contributed by atoms with Crippen molar-refractivity contribution in [1.29, 1.82) is 0 Å². The van der Waals surface area contributed by atoms with Crippen LogP contribution in [0.4, 0.5) is 0 Å². The number of fused-ring (bicyclic) bond motifs is 3. The Hall–Kier alpha value is -3.14. The number of ketones is 2. The van der Waals surface area contributed by atoms with E-state index in [4.69, 9.17) is 4.74 Å². The molecule has 0 radical (unpaired) electrons. The lowest BCUT2D eigenvalue weighted by Gasteiger charge is -2.12. The van der Waals surface area contributed by atoms with Crippen LogP contribution in [0.15, 0.2) is 48.5 Å². The third-order valence-electron chi connectivity index (χ3n) is 5.03. The first-order valence-electron chi connectivity index (χ1n) is 8.54. The minimum absolute atomic E-state index is 0.0580. The van der Waals surface area contributed by atoms with Gasteiger partial charge in [0.2, 0.25) is 0 Å². The molecule has 4 rings (SSSR count). The van der Waals surface area contributed by atoms with Gasteiger partial charge in [-0.05, 0) is 31.5 Å². The van der Waals surface area contributed by atoms with Gasteiger partial charge in [-0.25, -0.2) is 0 Å². The van der Waals surface area contributed by atoms with Crippen molar-refractivity contribution in [3.05, 3.63) is 76.5 Å². The minimum atomic E-state index is -0.0756. The fraction of sp³-hybridized carbons (Fsp3) is 0.182. The summed E-state index contributed by atoms with van der Waals surface area (Å²) < 4.78 is 7.30. The quantitative estimate of drug-likeness (QED) is 0.519. The molecule has 0 aliphatic heterocycles. The van der Waals surface area contributed by atoms with E-state index in [1.807, 2.05) is 55.5 Å². The van der Waals surface area contributed by atoms with Gasteiger partial charge in [0.15, 0.2) is 11.6 Å². The molecule has 4 heteroatoms. The van der Waals surface area contributed by atoms with Gasteiger partial charge in [0, 0.05) is 28.9 Å². The molecule has 0 unspecified atom stereocenters. The molecule has 130 valence electrons. The molecule has 3 aromatic rings. The Labute approximate surface area is 152 Å². The number of Topliss-reactive ketones (excluding diaryl/α,β-unsaturated/α-hetero) is 1. The van der Waals surface area contributed by atoms with Gasteiger partial charge >= 0.3 is 0 Å². The monoisotopic (exact) mass is 345 g/mol. The third kappa shape index (κ3) is 2.30. The maximum atomic E-state index is 12.9. The summed E-state index contributed by atoms with van der Waals surface area (Å²) in [7, 11) is 1.64. The number of benzene rings is 2. The predicted octanol–water partition coefficient (Wildman–Crippen LogP) is 4.27. The van der Waals surface area contributed by atoms with Crippen LogP contribution in [0.5, 0.6) is 5.75 Å². The van der Waals surface area contributed by atoms with Crippen LogP contribution in [-0.2, 0) is 6.54 Å². The highest BCUT2D eigenvalue weighted by atomic mass is 16.5. The topological polar surface area (TPSA) is 48.3 Å². The van der Waals surface area contributed by atoms with E-state index >= 15 is 0 Å². The van der Waals surface area contributed by atoms with Crippen molar-refractivity contribution in [2.45, 2.75) is 20.4 Å². The molecule has 1 aromatic heterocycles. The maximum Gasteiger partial charge on any atom is 0.196 e. The van der Waals surface area contributed by atoms with Gasteiger partial charge in [-0.15, -0.1) is 0 Å². The molecule has 2 aromatic carbocycles. The number of hydrogen-bond donors (Lipinski definition) is 0. The molecular formula is C22H19NO3. The largest absolute Gasteiger partial charge is 0.497 e. The zero-order valence-corrected chi connectivity index (χ0v) is 15.0. The third-order valence-corrected chi connectivity index (χ3v) is 5.03. The molecule has 0 saturated carbocycles. The van der Waals surface area contributed by atoms with Crippen LogP contribution in [0, 0.1) is 6.92 Å². The van der Waals surface area contributed by atoms with Gasteiger partial charge in [0.05, 0.1) is 18.4 Å². The molecule has 0 N–H and O–H groups in total. The molecule has 0 amide bonds. The van der Waals surface area contributed by atoms with Crippen LogP contribution in [0.25, 0.3) is 11.3 Å². The standard InChI is InChI=1S/C22H19NO3/c1-13-19(14(2)24)20-21(17-6-4-5-7-18(17)22(20)25)23(13)12-15-8-10-16(26-3)11-9-15/h4-11H,12H2,1-3H3. The van der Waals surface area contributed by atoms with Crippen LogP contribution >= 0.6 is 0 Å². The highest BCUT2D eigenvalue weighted by Gasteiger charge is 2.36. The van der Waals surface area contributed by atoms with Crippen molar-refractivity contribution in [1.82, 2.24) is 4.57 Å². The normalized spacial score (nSPS) is 12.0. The van der Waals surface area contributed by atoms with Crippen molar-refractivity contribution in [3.63, 3.8) is 0 Å². The first kappa shape index (κ1) is 16.3. The molecule has 0 bridgehead atoms.